The minimum Gasteiger partial charge on any atom is -0.461 e. The lowest BCUT2D eigenvalue weighted by molar-refractivity contribution is -0.137. The molecule has 0 saturated carbocycles. The van der Waals surface area contributed by atoms with E-state index in [4.69, 9.17) is 4.74 Å². The highest BCUT2D eigenvalue weighted by molar-refractivity contribution is 5.91. The molecular formula is C15H12F3N3O2. The molecule has 0 radical (unpaired) electrons. The van der Waals surface area contributed by atoms with Gasteiger partial charge in [-0.3, -0.25) is 9.38 Å². The number of fused-ring (bicyclic) bond motifs is 3. The van der Waals surface area contributed by atoms with Crippen molar-refractivity contribution in [2.75, 3.05) is 6.61 Å². The molecular weight excluding hydrogens is 311 g/mol. The third-order valence-electron chi connectivity index (χ3n) is 3.47. The standard InChI is InChI=1S/C15H12F3N3O2/c1-3-23-14(22)13-8(2)21-11-5-4-9(15(16,17)18)6-10(11)19-7-12(21)20-13/h4-7H,3H2,1-2H3. The van der Waals surface area contributed by atoms with Crippen molar-refractivity contribution in [3.05, 3.63) is 41.3 Å². The van der Waals surface area contributed by atoms with Crippen LogP contribution >= 0.6 is 0 Å². The quantitative estimate of drug-likeness (QED) is 0.678. The minimum absolute atomic E-state index is 0.126. The summed E-state index contributed by atoms with van der Waals surface area (Å²) in [6.07, 6.45) is -3.11. The Balaban J connectivity index is 2.25. The summed E-state index contributed by atoms with van der Waals surface area (Å²) in [5, 5.41) is 0. The molecule has 2 aromatic heterocycles. The molecule has 0 aliphatic carbocycles. The van der Waals surface area contributed by atoms with Crippen LogP contribution in [0.4, 0.5) is 13.2 Å². The van der Waals surface area contributed by atoms with E-state index < -0.39 is 17.7 Å². The number of aromatic nitrogens is 3. The normalized spacial score (nSPS) is 12.0. The van der Waals surface area contributed by atoms with E-state index in [0.29, 0.717) is 16.9 Å². The van der Waals surface area contributed by atoms with Gasteiger partial charge in [0.15, 0.2) is 11.3 Å². The van der Waals surface area contributed by atoms with E-state index in [1.807, 2.05) is 0 Å². The zero-order valence-electron chi connectivity index (χ0n) is 12.3. The fraction of sp³-hybridized carbons (Fsp3) is 0.267. The van der Waals surface area contributed by atoms with E-state index in [1.54, 1.807) is 18.2 Å². The SMILES string of the molecule is CCOC(=O)c1nc2cnc3cc(C(F)(F)F)ccc3n2c1C. The highest BCUT2D eigenvalue weighted by atomic mass is 19.4. The summed E-state index contributed by atoms with van der Waals surface area (Å²) in [6, 6.07) is 3.27. The summed E-state index contributed by atoms with van der Waals surface area (Å²) >= 11 is 0. The maximum absolute atomic E-state index is 12.8. The van der Waals surface area contributed by atoms with Gasteiger partial charge in [-0.25, -0.2) is 9.78 Å². The fourth-order valence-corrected chi connectivity index (χ4v) is 2.43. The van der Waals surface area contributed by atoms with E-state index in [0.717, 1.165) is 12.1 Å². The van der Waals surface area contributed by atoms with Gasteiger partial charge >= 0.3 is 12.1 Å². The van der Waals surface area contributed by atoms with Crippen molar-refractivity contribution in [2.45, 2.75) is 20.0 Å². The van der Waals surface area contributed by atoms with Crippen LogP contribution in [0.25, 0.3) is 16.7 Å². The second-order valence-electron chi connectivity index (χ2n) is 4.92. The summed E-state index contributed by atoms with van der Waals surface area (Å²) in [4.78, 5) is 20.1. The number of hydrogen-bond acceptors (Lipinski definition) is 4. The third-order valence-corrected chi connectivity index (χ3v) is 3.47. The van der Waals surface area contributed by atoms with E-state index in [9.17, 15) is 18.0 Å². The molecule has 0 aliphatic heterocycles. The predicted octanol–water partition coefficient (Wildman–Crippen LogP) is 3.39. The number of aryl methyl sites for hydroxylation is 1. The zero-order valence-corrected chi connectivity index (χ0v) is 12.3. The molecule has 0 aliphatic rings. The van der Waals surface area contributed by atoms with Gasteiger partial charge in [-0.05, 0) is 32.0 Å². The minimum atomic E-state index is -4.44. The molecule has 0 unspecified atom stereocenters. The van der Waals surface area contributed by atoms with Crippen LogP contribution in [0.3, 0.4) is 0 Å². The summed E-state index contributed by atoms with van der Waals surface area (Å²) in [6.45, 7) is 3.54. The van der Waals surface area contributed by atoms with Gasteiger partial charge < -0.3 is 4.74 Å². The van der Waals surface area contributed by atoms with Crippen molar-refractivity contribution in [1.29, 1.82) is 0 Å². The number of benzene rings is 1. The monoisotopic (exact) mass is 323 g/mol. The van der Waals surface area contributed by atoms with Gasteiger partial charge in [0, 0.05) is 0 Å². The Bertz CT molecular complexity index is 916. The molecule has 0 saturated heterocycles. The van der Waals surface area contributed by atoms with Crippen molar-refractivity contribution in [2.24, 2.45) is 0 Å². The molecule has 23 heavy (non-hydrogen) atoms. The number of esters is 1. The highest BCUT2D eigenvalue weighted by Crippen LogP contribution is 2.31. The number of ether oxygens (including phenoxy) is 1. The molecule has 0 atom stereocenters. The Kier molecular flexibility index (Phi) is 3.46. The first-order chi connectivity index (χ1) is 10.8. The maximum atomic E-state index is 12.8. The van der Waals surface area contributed by atoms with E-state index in [-0.39, 0.29) is 17.8 Å². The first-order valence-electron chi connectivity index (χ1n) is 6.85. The summed E-state index contributed by atoms with van der Waals surface area (Å²) < 4.78 is 44.9. The molecule has 3 aromatic rings. The lowest BCUT2D eigenvalue weighted by atomic mass is 10.2. The van der Waals surface area contributed by atoms with Crippen molar-refractivity contribution in [3.63, 3.8) is 0 Å². The van der Waals surface area contributed by atoms with E-state index in [1.165, 1.54) is 12.3 Å². The molecule has 0 N–H and O–H groups in total. The third kappa shape index (κ3) is 2.49. The fourth-order valence-electron chi connectivity index (χ4n) is 2.43. The molecule has 8 heteroatoms. The zero-order chi connectivity index (χ0) is 16.8. The first-order valence-corrected chi connectivity index (χ1v) is 6.85. The molecule has 3 rings (SSSR count). The number of carbonyl (C=O) groups is 1. The smallest absolute Gasteiger partial charge is 0.416 e. The number of imidazole rings is 1. The molecule has 1 aromatic carbocycles. The van der Waals surface area contributed by atoms with E-state index >= 15 is 0 Å². The number of halogens is 3. The molecule has 5 nitrogen and oxygen atoms in total. The van der Waals surface area contributed by atoms with E-state index in [2.05, 4.69) is 9.97 Å². The summed E-state index contributed by atoms with van der Waals surface area (Å²) in [7, 11) is 0. The van der Waals surface area contributed by atoms with Crippen LogP contribution < -0.4 is 0 Å². The molecule has 2 heterocycles. The highest BCUT2D eigenvalue weighted by Gasteiger charge is 2.31. The van der Waals surface area contributed by atoms with Crippen LogP contribution in [0.1, 0.15) is 28.7 Å². The van der Waals surface area contributed by atoms with Crippen molar-refractivity contribution < 1.29 is 22.7 Å². The first kappa shape index (κ1) is 15.3. The van der Waals surface area contributed by atoms with Crippen molar-refractivity contribution >= 4 is 22.6 Å². The van der Waals surface area contributed by atoms with Gasteiger partial charge in [-0.2, -0.15) is 13.2 Å². The van der Waals surface area contributed by atoms with Gasteiger partial charge in [0.05, 0.1) is 35.1 Å². The van der Waals surface area contributed by atoms with Crippen LogP contribution in [0.5, 0.6) is 0 Å². The largest absolute Gasteiger partial charge is 0.461 e. The molecule has 0 fully saturated rings. The topological polar surface area (TPSA) is 56.5 Å². The van der Waals surface area contributed by atoms with Crippen LogP contribution in [0.15, 0.2) is 24.4 Å². The Morgan fingerprint density at radius 1 is 1.35 bits per heavy atom. The Morgan fingerprint density at radius 3 is 2.74 bits per heavy atom. The second-order valence-corrected chi connectivity index (χ2v) is 4.92. The number of carbonyl (C=O) groups excluding carboxylic acids is 1. The lowest BCUT2D eigenvalue weighted by Crippen LogP contribution is -2.07. The van der Waals surface area contributed by atoms with Gasteiger partial charge in [0.1, 0.15) is 0 Å². The Morgan fingerprint density at radius 2 is 2.09 bits per heavy atom. The molecule has 0 amide bonds. The van der Waals surface area contributed by atoms with Gasteiger partial charge in [0.25, 0.3) is 0 Å². The molecule has 120 valence electrons. The predicted molar refractivity (Wildman–Crippen MR) is 76.2 cm³/mol. The number of hydrogen-bond donors (Lipinski definition) is 0. The number of rotatable bonds is 2. The van der Waals surface area contributed by atoms with Crippen molar-refractivity contribution in [3.8, 4) is 0 Å². The van der Waals surface area contributed by atoms with Crippen LogP contribution in [0.2, 0.25) is 0 Å². The van der Waals surface area contributed by atoms with Crippen molar-refractivity contribution in [1.82, 2.24) is 14.4 Å². The average Bonchev–Trinajstić information content (AvgIpc) is 2.83. The Labute approximate surface area is 128 Å². The van der Waals surface area contributed by atoms with Crippen LogP contribution in [-0.4, -0.2) is 26.9 Å². The number of nitrogens with zero attached hydrogens (tertiary/aromatic N) is 3. The van der Waals surface area contributed by atoms with Crippen LogP contribution in [-0.2, 0) is 10.9 Å². The number of alkyl halides is 3. The molecule has 0 spiro atoms. The lowest BCUT2D eigenvalue weighted by Gasteiger charge is -2.08. The van der Waals surface area contributed by atoms with Gasteiger partial charge in [-0.1, -0.05) is 0 Å². The molecule has 0 bridgehead atoms. The summed E-state index contributed by atoms with van der Waals surface area (Å²) in [5.41, 5.74) is 0.823. The van der Waals surface area contributed by atoms with Crippen LogP contribution in [0, 0.1) is 6.92 Å². The average molecular weight is 323 g/mol. The van der Waals surface area contributed by atoms with Gasteiger partial charge in [-0.15, -0.1) is 0 Å². The summed E-state index contributed by atoms with van der Waals surface area (Å²) in [5.74, 6) is -0.575. The Hall–Kier alpha value is -2.64. The second kappa shape index (κ2) is 5.22. The maximum Gasteiger partial charge on any atom is 0.416 e. The van der Waals surface area contributed by atoms with Gasteiger partial charge in [0.2, 0.25) is 0 Å².